The van der Waals surface area contributed by atoms with Gasteiger partial charge in [-0.15, -0.1) is 0 Å². The van der Waals surface area contributed by atoms with E-state index in [1.165, 1.54) is 24.3 Å². The molecule has 1 aliphatic heterocycles. The van der Waals surface area contributed by atoms with Crippen molar-refractivity contribution in [3.8, 4) is 0 Å². The van der Waals surface area contributed by atoms with E-state index in [2.05, 4.69) is 16.2 Å². The van der Waals surface area contributed by atoms with Gasteiger partial charge < -0.3 is 10.1 Å². The van der Waals surface area contributed by atoms with E-state index >= 15 is 0 Å². The Morgan fingerprint density at radius 2 is 2.15 bits per heavy atom. The van der Waals surface area contributed by atoms with Gasteiger partial charge in [0.25, 0.3) is 11.6 Å². The van der Waals surface area contributed by atoms with Gasteiger partial charge in [0.05, 0.1) is 4.92 Å². The number of nitro groups is 1. The highest BCUT2D eigenvalue weighted by atomic mass is 16.6. The number of nitro benzene ring substituents is 1. The van der Waals surface area contributed by atoms with E-state index in [9.17, 15) is 19.7 Å². The summed E-state index contributed by atoms with van der Waals surface area (Å²) in [4.78, 5) is 32.6. The van der Waals surface area contributed by atoms with Crippen LogP contribution in [-0.4, -0.2) is 29.5 Å². The summed E-state index contributed by atoms with van der Waals surface area (Å²) in [5, 5.41) is 12.9. The lowest BCUT2D eigenvalue weighted by Gasteiger charge is -2.09. The molecule has 9 heteroatoms. The molecule has 0 aromatic heterocycles. The smallest absolute Gasteiger partial charge is 0.408 e. The second-order valence-corrected chi connectivity index (χ2v) is 4.07. The maximum absolute atomic E-state index is 11.4. The molecule has 0 aliphatic carbocycles. The topological polar surface area (TPSA) is 123 Å². The minimum atomic E-state index is -0.729. The monoisotopic (exact) mass is 280 g/mol. The SMILES string of the molecule is O=C(N[C@@H]1CNNC1=O)OCc1ccc([N+](=O)[O-])cc1. The number of hydrogen-bond acceptors (Lipinski definition) is 6. The molecule has 2 rings (SSSR count). The Kier molecular flexibility index (Phi) is 4.11. The summed E-state index contributed by atoms with van der Waals surface area (Å²) < 4.78 is 4.91. The van der Waals surface area contributed by atoms with E-state index in [1.807, 2.05) is 0 Å². The van der Waals surface area contributed by atoms with Crippen LogP contribution < -0.4 is 16.2 Å². The van der Waals surface area contributed by atoms with E-state index in [4.69, 9.17) is 4.74 Å². The number of alkyl carbamates (subject to hydrolysis) is 1. The van der Waals surface area contributed by atoms with Crippen LogP contribution in [0.2, 0.25) is 0 Å². The highest BCUT2D eigenvalue weighted by molar-refractivity contribution is 5.87. The summed E-state index contributed by atoms with van der Waals surface area (Å²) in [5.74, 6) is -0.336. The molecule has 1 saturated heterocycles. The normalized spacial score (nSPS) is 17.4. The van der Waals surface area contributed by atoms with Gasteiger partial charge in [-0.2, -0.15) is 0 Å². The summed E-state index contributed by atoms with van der Waals surface area (Å²) >= 11 is 0. The van der Waals surface area contributed by atoms with Crippen molar-refractivity contribution < 1.29 is 19.2 Å². The molecule has 1 aliphatic rings. The van der Waals surface area contributed by atoms with Crippen LogP contribution in [0.3, 0.4) is 0 Å². The van der Waals surface area contributed by atoms with E-state index in [0.29, 0.717) is 5.56 Å². The molecule has 0 spiro atoms. The Labute approximate surface area is 113 Å². The minimum Gasteiger partial charge on any atom is -0.445 e. The first kappa shape index (κ1) is 13.7. The van der Waals surface area contributed by atoms with E-state index in [-0.39, 0.29) is 24.7 Å². The molecule has 1 atom stereocenters. The number of hydrazine groups is 1. The molecule has 2 amide bonds. The first-order valence-corrected chi connectivity index (χ1v) is 5.75. The molecular weight excluding hydrogens is 268 g/mol. The molecule has 0 saturated carbocycles. The van der Waals surface area contributed by atoms with Crippen molar-refractivity contribution in [2.75, 3.05) is 6.54 Å². The van der Waals surface area contributed by atoms with E-state index in [1.54, 1.807) is 0 Å². The third kappa shape index (κ3) is 3.42. The van der Waals surface area contributed by atoms with E-state index < -0.39 is 17.1 Å². The second-order valence-electron chi connectivity index (χ2n) is 4.07. The number of nitrogens with zero attached hydrogens (tertiary/aromatic N) is 1. The Morgan fingerprint density at radius 1 is 1.45 bits per heavy atom. The van der Waals surface area contributed by atoms with Gasteiger partial charge in [-0.25, -0.2) is 10.2 Å². The molecule has 20 heavy (non-hydrogen) atoms. The van der Waals surface area contributed by atoms with Crippen LogP contribution in [0.25, 0.3) is 0 Å². The number of rotatable bonds is 4. The first-order valence-electron chi connectivity index (χ1n) is 5.75. The van der Waals surface area contributed by atoms with Gasteiger partial charge in [-0.05, 0) is 17.7 Å². The fourth-order valence-corrected chi connectivity index (χ4v) is 1.58. The number of carbonyl (C=O) groups is 2. The molecule has 1 fully saturated rings. The van der Waals surface area contributed by atoms with Crippen molar-refractivity contribution in [3.05, 3.63) is 39.9 Å². The summed E-state index contributed by atoms with van der Waals surface area (Å²) in [5.41, 5.74) is 5.50. The number of benzene rings is 1. The highest BCUT2D eigenvalue weighted by Gasteiger charge is 2.25. The van der Waals surface area contributed by atoms with Crippen LogP contribution in [-0.2, 0) is 16.1 Å². The Balaban J connectivity index is 1.81. The number of carbonyl (C=O) groups excluding carboxylic acids is 2. The van der Waals surface area contributed by atoms with Crippen molar-refractivity contribution in [2.45, 2.75) is 12.6 Å². The van der Waals surface area contributed by atoms with Crippen molar-refractivity contribution in [1.82, 2.24) is 16.2 Å². The maximum Gasteiger partial charge on any atom is 0.408 e. The van der Waals surface area contributed by atoms with Crippen molar-refractivity contribution in [2.24, 2.45) is 0 Å². The number of nitrogens with one attached hydrogen (secondary N) is 3. The van der Waals surface area contributed by atoms with Crippen molar-refractivity contribution in [3.63, 3.8) is 0 Å². The van der Waals surface area contributed by atoms with Gasteiger partial charge in [-0.3, -0.25) is 20.3 Å². The zero-order chi connectivity index (χ0) is 14.5. The molecule has 0 radical (unpaired) electrons. The lowest BCUT2D eigenvalue weighted by atomic mass is 10.2. The average Bonchev–Trinajstić information content (AvgIpc) is 2.82. The third-order valence-electron chi connectivity index (χ3n) is 2.64. The Bertz CT molecular complexity index is 530. The molecule has 1 aromatic carbocycles. The largest absolute Gasteiger partial charge is 0.445 e. The lowest BCUT2D eigenvalue weighted by Crippen LogP contribution is -2.41. The Morgan fingerprint density at radius 3 is 2.70 bits per heavy atom. The van der Waals surface area contributed by atoms with Crippen molar-refractivity contribution >= 4 is 17.7 Å². The Hall–Kier alpha value is -2.68. The molecule has 3 N–H and O–H groups in total. The van der Waals surface area contributed by atoms with E-state index in [0.717, 1.165) is 0 Å². The number of amides is 2. The first-order chi connectivity index (χ1) is 9.56. The molecule has 106 valence electrons. The number of hydrogen-bond donors (Lipinski definition) is 3. The standard InChI is InChI=1S/C11H12N4O5/c16-10-9(5-12-14-10)13-11(17)20-6-7-1-3-8(4-2-7)15(18)19/h1-4,9,12H,5-6H2,(H,13,17)(H,14,16)/t9-/m1/s1. The molecule has 0 unspecified atom stereocenters. The van der Waals surface area contributed by atoms with Gasteiger partial charge in [0.2, 0.25) is 0 Å². The quantitative estimate of drug-likeness (QED) is 0.519. The summed E-state index contributed by atoms with van der Waals surface area (Å²) in [6, 6.07) is 4.97. The van der Waals surface area contributed by atoms with Crippen LogP contribution in [0.4, 0.5) is 10.5 Å². The van der Waals surface area contributed by atoms with Crippen LogP contribution in [0.5, 0.6) is 0 Å². The van der Waals surface area contributed by atoms with Crippen LogP contribution >= 0.6 is 0 Å². The van der Waals surface area contributed by atoms with Gasteiger partial charge in [-0.1, -0.05) is 0 Å². The molecular formula is C11H12N4O5. The van der Waals surface area contributed by atoms with Gasteiger partial charge in [0.1, 0.15) is 12.6 Å². The predicted octanol–water partition coefficient (Wildman–Crippen LogP) is -0.176. The van der Waals surface area contributed by atoms with Crippen molar-refractivity contribution in [1.29, 1.82) is 0 Å². The average molecular weight is 280 g/mol. The van der Waals surface area contributed by atoms with Gasteiger partial charge in [0, 0.05) is 18.7 Å². The number of ether oxygens (including phenoxy) is 1. The fourth-order valence-electron chi connectivity index (χ4n) is 1.58. The third-order valence-corrected chi connectivity index (χ3v) is 2.64. The molecule has 0 bridgehead atoms. The second kappa shape index (κ2) is 5.97. The molecule has 1 aromatic rings. The highest BCUT2D eigenvalue weighted by Crippen LogP contribution is 2.12. The number of non-ortho nitro benzene ring substituents is 1. The lowest BCUT2D eigenvalue weighted by molar-refractivity contribution is -0.384. The minimum absolute atomic E-state index is 0.0353. The van der Waals surface area contributed by atoms with Gasteiger partial charge in [0.15, 0.2) is 0 Å². The fraction of sp³-hybridized carbons (Fsp3) is 0.273. The zero-order valence-electron chi connectivity index (χ0n) is 10.3. The van der Waals surface area contributed by atoms with Crippen LogP contribution in [0, 0.1) is 10.1 Å². The van der Waals surface area contributed by atoms with Crippen LogP contribution in [0.15, 0.2) is 24.3 Å². The molecule has 1 heterocycles. The predicted molar refractivity (Wildman–Crippen MR) is 66.4 cm³/mol. The zero-order valence-corrected chi connectivity index (χ0v) is 10.3. The summed E-state index contributed by atoms with van der Waals surface area (Å²) in [7, 11) is 0. The molecule has 9 nitrogen and oxygen atoms in total. The summed E-state index contributed by atoms with van der Waals surface area (Å²) in [6.07, 6.45) is -0.729. The summed E-state index contributed by atoms with van der Waals surface area (Å²) in [6.45, 7) is 0.247. The van der Waals surface area contributed by atoms with Gasteiger partial charge >= 0.3 is 6.09 Å². The maximum atomic E-state index is 11.4. The van der Waals surface area contributed by atoms with Crippen LogP contribution in [0.1, 0.15) is 5.56 Å².